The number of nitrogens with one attached hydrogen (secondary N) is 2. The molecule has 1 aliphatic carbocycles. The Hall–Kier alpha value is -1.36. The summed E-state index contributed by atoms with van der Waals surface area (Å²) in [6, 6.07) is 2.11. The number of hydrogen-bond donors (Lipinski definition) is 2. The molecule has 0 aromatic carbocycles. The fourth-order valence-corrected chi connectivity index (χ4v) is 3.19. The Morgan fingerprint density at radius 2 is 2.31 bits per heavy atom. The van der Waals surface area contributed by atoms with E-state index in [4.69, 9.17) is 5.41 Å². The average molecular weight is 235 g/mol. The largest absolute Gasteiger partial charge is 0.323 e. The maximum absolute atomic E-state index is 11.8. The highest BCUT2D eigenvalue weighted by Crippen LogP contribution is 2.39. The Morgan fingerprint density at radius 3 is 2.88 bits per heavy atom. The molecule has 2 fully saturated rings. The van der Waals surface area contributed by atoms with Crippen molar-refractivity contribution in [3.63, 3.8) is 0 Å². The molecule has 1 saturated heterocycles. The fraction of sp³-hybridized carbons (Fsp3) is 0.455. The van der Waals surface area contributed by atoms with Crippen molar-refractivity contribution in [2.24, 2.45) is 0 Å². The van der Waals surface area contributed by atoms with Crippen molar-refractivity contribution in [3.8, 4) is 0 Å². The quantitative estimate of drug-likeness (QED) is 0.811. The van der Waals surface area contributed by atoms with E-state index in [1.165, 1.54) is 5.56 Å². The average Bonchev–Trinajstić information content (AvgIpc) is 2.91. The molecule has 0 spiro atoms. The van der Waals surface area contributed by atoms with E-state index < -0.39 is 0 Å². The molecule has 1 unspecified atom stereocenters. The van der Waals surface area contributed by atoms with Gasteiger partial charge in [-0.3, -0.25) is 10.7 Å². The second-order valence-electron chi connectivity index (χ2n) is 4.35. The Balaban J connectivity index is 2.00. The molecule has 16 heavy (non-hydrogen) atoms. The summed E-state index contributed by atoms with van der Waals surface area (Å²) in [5.41, 5.74) is 1.17. The normalized spacial score (nSPS) is 25.1. The summed E-state index contributed by atoms with van der Waals surface area (Å²) in [5.74, 6) is 0.322. The molecule has 2 N–H and O–H groups in total. The van der Waals surface area contributed by atoms with Crippen molar-refractivity contribution in [1.29, 1.82) is 5.41 Å². The molecule has 1 atom stereocenters. The van der Waals surface area contributed by atoms with E-state index >= 15 is 0 Å². The van der Waals surface area contributed by atoms with Crippen LogP contribution in [0.3, 0.4) is 0 Å². The molecule has 2 heterocycles. The van der Waals surface area contributed by atoms with Crippen molar-refractivity contribution in [2.45, 2.75) is 31.8 Å². The van der Waals surface area contributed by atoms with E-state index in [0.717, 1.165) is 17.7 Å². The summed E-state index contributed by atoms with van der Waals surface area (Å²) >= 11 is 1.63. The highest BCUT2D eigenvalue weighted by Gasteiger charge is 2.45. The van der Waals surface area contributed by atoms with Crippen LogP contribution in [0.15, 0.2) is 11.4 Å². The third kappa shape index (κ3) is 1.35. The van der Waals surface area contributed by atoms with E-state index in [9.17, 15) is 4.79 Å². The van der Waals surface area contributed by atoms with Crippen LogP contribution in [0.25, 0.3) is 0 Å². The van der Waals surface area contributed by atoms with Crippen LogP contribution >= 0.6 is 11.3 Å². The molecule has 5 heteroatoms. The van der Waals surface area contributed by atoms with Crippen LogP contribution in [0.4, 0.5) is 4.79 Å². The molecule has 1 aliphatic heterocycles. The summed E-state index contributed by atoms with van der Waals surface area (Å²) in [4.78, 5) is 14.7. The van der Waals surface area contributed by atoms with E-state index in [1.807, 2.05) is 23.3 Å². The van der Waals surface area contributed by atoms with Crippen LogP contribution in [0.5, 0.6) is 0 Å². The third-order valence-electron chi connectivity index (χ3n) is 3.12. The zero-order chi connectivity index (χ0) is 11.3. The topological polar surface area (TPSA) is 56.2 Å². The molecule has 0 radical (unpaired) electrons. The first-order valence-corrected chi connectivity index (χ1v) is 6.28. The summed E-state index contributed by atoms with van der Waals surface area (Å²) in [6.45, 7) is 2.03. The number of carbonyl (C=O) groups is 1. The van der Waals surface area contributed by atoms with Gasteiger partial charge in [-0.1, -0.05) is 0 Å². The first kappa shape index (κ1) is 9.84. The molecule has 0 bridgehead atoms. The first-order valence-electron chi connectivity index (χ1n) is 5.40. The molecule has 2 amide bonds. The molecular formula is C11H13N3OS. The Morgan fingerprint density at radius 1 is 1.56 bits per heavy atom. The summed E-state index contributed by atoms with van der Waals surface area (Å²) in [7, 11) is 0. The lowest BCUT2D eigenvalue weighted by Gasteiger charge is -2.21. The van der Waals surface area contributed by atoms with Gasteiger partial charge >= 0.3 is 6.03 Å². The Bertz CT molecular complexity index is 464. The number of thiophene rings is 1. The zero-order valence-electron chi connectivity index (χ0n) is 8.99. The van der Waals surface area contributed by atoms with Gasteiger partial charge in [0, 0.05) is 10.9 Å². The predicted molar refractivity (Wildman–Crippen MR) is 62.9 cm³/mol. The molecule has 1 aromatic rings. The second-order valence-corrected chi connectivity index (χ2v) is 5.30. The SMILES string of the molecule is Cc1ccsc1C1C(=N)NC(=O)N1C1CC1. The van der Waals surface area contributed by atoms with Gasteiger partial charge in [0.25, 0.3) is 0 Å². The molecule has 1 aromatic heterocycles. The van der Waals surface area contributed by atoms with Gasteiger partial charge in [0.15, 0.2) is 0 Å². The minimum atomic E-state index is -0.167. The number of urea groups is 1. The van der Waals surface area contributed by atoms with Crippen LogP contribution in [0.2, 0.25) is 0 Å². The highest BCUT2D eigenvalue weighted by molar-refractivity contribution is 7.10. The second kappa shape index (κ2) is 3.31. The minimum absolute atomic E-state index is 0.106. The van der Waals surface area contributed by atoms with E-state index in [0.29, 0.717) is 11.9 Å². The van der Waals surface area contributed by atoms with Crippen LogP contribution < -0.4 is 5.32 Å². The number of amides is 2. The van der Waals surface area contributed by atoms with Crippen molar-refractivity contribution in [2.75, 3.05) is 0 Å². The third-order valence-corrected chi connectivity index (χ3v) is 4.19. The minimum Gasteiger partial charge on any atom is -0.306 e. The molecular weight excluding hydrogens is 222 g/mol. The molecule has 4 nitrogen and oxygen atoms in total. The molecule has 2 aliphatic rings. The van der Waals surface area contributed by atoms with Gasteiger partial charge in [-0.2, -0.15) is 0 Å². The lowest BCUT2D eigenvalue weighted by Crippen LogP contribution is -2.31. The molecule has 3 rings (SSSR count). The number of nitrogens with zero attached hydrogens (tertiary/aromatic N) is 1. The van der Waals surface area contributed by atoms with Crippen molar-refractivity contribution >= 4 is 23.2 Å². The van der Waals surface area contributed by atoms with Crippen LogP contribution in [0.1, 0.15) is 29.3 Å². The van der Waals surface area contributed by atoms with E-state index in [1.54, 1.807) is 11.3 Å². The lowest BCUT2D eigenvalue weighted by molar-refractivity contribution is 0.203. The summed E-state index contributed by atoms with van der Waals surface area (Å²) in [6.07, 6.45) is 2.14. The van der Waals surface area contributed by atoms with Gasteiger partial charge in [-0.25, -0.2) is 4.79 Å². The smallest absolute Gasteiger partial charge is 0.306 e. The maximum atomic E-state index is 11.8. The van der Waals surface area contributed by atoms with Gasteiger partial charge in [-0.15, -0.1) is 11.3 Å². The summed E-state index contributed by atoms with van der Waals surface area (Å²) < 4.78 is 0. The number of amidine groups is 1. The molecule has 84 valence electrons. The van der Waals surface area contributed by atoms with E-state index in [2.05, 4.69) is 5.32 Å². The zero-order valence-corrected chi connectivity index (χ0v) is 9.80. The highest BCUT2D eigenvalue weighted by atomic mass is 32.1. The fourth-order valence-electron chi connectivity index (χ4n) is 2.16. The van der Waals surface area contributed by atoms with Gasteiger partial charge in [0.05, 0.1) is 0 Å². The van der Waals surface area contributed by atoms with Gasteiger partial charge in [-0.05, 0) is 36.8 Å². The molecule has 1 saturated carbocycles. The first-order chi connectivity index (χ1) is 7.68. The maximum Gasteiger partial charge on any atom is 0.323 e. The lowest BCUT2D eigenvalue weighted by atomic mass is 10.1. The van der Waals surface area contributed by atoms with Crippen molar-refractivity contribution in [1.82, 2.24) is 10.2 Å². The number of aryl methyl sites for hydroxylation is 1. The number of rotatable bonds is 2. The van der Waals surface area contributed by atoms with Crippen LogP contribution in [-0.4, -0.2) is 22.8 Å². The standard InChI is InChI=1S/C11H13N3OS/c1-6-4-5-16-9(6)8-10(12)13-11(15)14(8)7-2-3-7/h4-5,7-8H,2-3H2,1H3,(H2,12,13,15). The van der Waals surface area contributed by atoms with Crippen LogP contribution in [-0.2, 0) is 0 Å². The number of carbonyl (C=O) groups excluding carboxylic acids is 1. The monoisotopic (exact) mass is 235 g/mol. The summed E-state index contributed by atoms with van der Waals surface area (Å²) in [5, 5.41) is 12.5. The number of hydrogen-bond acceptors (Lipinski definition) is 3. The van der Waals surface area contributed by atoms with Gasteiger partial charge in [0.2, 0.25) is 0 Å². The van der Waals surface area contributed by atoms with E-state index in [-0.39, 0.29) is 12.1 Å². The predicted octanol–water partition coefficient (Wildman–Crippen LogP) is 2.26. The van der Waals surface area contributed by atoms with Gasteiger partial charge < -0.3 is 4.90 Å². The van der Waals surface area contributed by atoms with Crippen molar-refractivity contribution < 1.29 is 4.79 Å². The van der Waals surface area contributed by atoms with Crippen molar-refractivity contribution in [3.05, 3.63) is 21.9 Å². The Labute approximate surface area is 97.8 Å². The van der Waals surface area contributed by atoms with Gasteiger partial charge in [0.1, 0.15) is 11.9 Å². The Kier molecular flexibility index (Phi) is 2.04. The van der Waals surface area contributed by atoms with Crippen LogP contribution in [0, 0.1) is 12.3 Å².